The number of nitrogens with zero attached hydrogens (tertiary/aromatic N) is 1. The lowest BCUT2D eigenvalue weighted by Crippen LogP contribution is -2.10. The molecule has 1 aliphatic carbocycles. The molecule has 0 saturated carbocycles. The number of furan rings is 2. The van der Waals surface area contributed by atoms with Crippen molar-refractivity contribution in [3.63, 3.8) is 0 Å². The van der Waals surface area contributed by atoms with Crippen molar-refractivity contribution >= 4 is 120 Å². The molecular weight excluding hydrogens is 1020 g/mol. The van der Waals surface area contributed by atoms with Crippen LogP contribution >= 0.6 is 47.8 Å². The van der Waals surface area contributed by atoms with Gasteiger partial charge in [0.25, 0.3) is 0 Å². The van der Waals surface area contributed by atoms with E-state index in [0.717, 1.165) is 85.7 Å². The molecule has 1 N–H and O–H groups in total. The van der Waals surface area contributed by atoms with Gasteiger partial charge in [-0.25, -0.2) is 0 Å². The Bertz CT molecular complexity index is 3560. The fourth-order valence-corrected chi connectivity index (χ4v) is 9.23. The largest absolute Gasteiger partial charge is 0.455 e. The Kier molecular flexibility index (Phi) is 13.1. The fraction of sp³-hybridized carbons (Fsp3) is 0. The molecule has 11 aromatic rings. The maximum absolute atomic E-state index is 6.41. The van der Waals surface area contributed by atoms with Crippen molar-refractivity contribution in [2.24, 2.45) is 0 Å². The van der Waals surface area contributed by atoms with Crippen LogP contribution in [-0.4, -0.2) is 0 Å². The van der Waals surface area contributed by atoms with Crippen molar-refractivity contribution in [3.05, 3.63) is 267 Å². The van der Waals surface area contributed by atoms with Gasteiger partial charge in [0.1, 0.15) is 22.8 Å². The molecule has 12 rings (SSSR count). The van der Waals surface area contributed by atoms with E-state index >= 15 is 0 Å². The first kappa shape index (κ1) is 43.6. The minimum absolute atomic E-state index is 0.874. The summed E-state index contributed by atoms with van der Waals surface area (Å²) >= 11 is 10.5. The number of benzene rings is 9. The Morgan fingerprint density at radius 3 is 1.55 bits per heavy atom. The number of halogens is 3. The van der Waals surface area contributed by atoms with Gasteiger partial charge in [0.05, 0.1) is 34.0 Å². The van der Waals surface area contributed by atoms with E-state index in [2.05, 4.69) is 204 Å². The van der Waals surface area contributed by atoms with E-state index in [9.17, 15) is 0 Å². The summed E-state index contributed by atoms with van der Waals surface area (Å²) in [6.07, 6.45) is 9.45. The molecule has 0 saturated heterocycles. The minimum Gasteiger partial charge on any atom is -0.455 e. The van der Waals surface area contributed by atoms with Crippen molar-refractivity contribution in [1.29, 1.82) is 0 Å². The highest BCUT2D eigenvalue weighted by atomic mass is 79.9. The summed E-state index contributed by atoms with van der Waals surface area (Å²) in [5.41, 5.74) is 13.6. The van der Waals surface area contributed by atoms with Crippen LogP contribution in [0.3, 0.4) is 0 Å². The summed E-state index contributed by atoms with van der Waals surface area (Å²) in [5, 5.41) is 7.84. The van der Waals surface area contributed by atoms with Crippen molar-refractivity contribution in [1.82, 2.24) is 0 Å². The third kappa shape index (κ3) is 9.83. The van der Waals surface area contributed by atoms with Gasteiger partial charge >= 0.3 is 0 Å². The Labute approximate surface area is 414 Å². The molecule has 0 bridgehead atoms. The van der Waals surface area contributed by atoms with Crippen molar-refractivity contribution in [2.45, 2.75) is 0 Å². The highest BCUT2D eigenvalue weighted by Crippen LogP contribution is 2.43. The van der Waals surface area contributed by atoms with Gasteiger partial charge in [0.2, 0.25) is 5.70 Å². The summed E-state index contributed by atoms with van der Waals surface area (Å²) in [4.78, 5) is 2.26. The van der Waals surface area contributed by atoms with Gasteiger partial charge in [-0.1, -0.05) is 153 Å². The van der Waals surface area contributed by atoms with Crippen molar-refractivity contribution < 1.29 is 8.83 Å². The van der Waals surface area contributed by atoms with Gasteiger partial charge < -0.3 is 19.1 Å². The molecule has 2 aromatic heterocycles. The SMILES string of the molecule is Brc1ccc2c(c1)oc1c(Br)cccc12.Brc1ccc2c(c1)oc1c(N(c3ccccc3)c3ccc(-c4ccccc4)cc3)cccc12.[C+]1=C(Nc2ccccc2)C=CC(c2ccccc2)=C1. The molecule has 0 atom stereocenters. The quantitative estimate of drug-likeness (QED) is 0.162. The molecule has 4 nitrogen and oxygen atoms in total. The van der Waals surface area contributed by atoms with Crippen LogP contribution in [-0.2, 0) is 0 Å². The normalized spacial score (nSPS) is 11.8. The standard InChI is InChI=1S/C30H20BrNO.C18H14N.C12H6Br2O/c31-23-16-19-26-27-12-7-13-28(30(27)33-29(26)20-23)32(24-10-5-2-6-11-24)25-17-14-22(15-18-25)21-8-3-1-4-9-21;1-3-7-15(8-4-1)16-11-13-18(14-12-16)19-17-9-5-2-6-10-17;13-7-4-5-8-9-2-1-3-10(14)12(9)15-11(8)6-7/h1-20H;1-13,19H;1-6H/q;+1;. The summed E-state index contributed by atoms with van der Waals surface area (Å²) in [7, 11) is 0. The summed E-state index contributed by atoms with van der Waals surface area (Å²) in [5.74, 6) is 0. The molecule has 1 aliphatic rings. The lowest BCUT2D eigenvalue weighted by molar-refractivity contribution is 0.666. The number of hydrogen-bond acceptors (Lipinski definition) is 4. The van der Waals surface area contributed by atoms with Crippen LogP contribution in [0.4, 0.5) is 22.7 Å². The average Bonchev–Trinajstić information content (AvgIpc) is 3.95. The highest BCUT2D eigenvalue weighted by Gasteiger charge is 2.19. The molecule has 0 amide bonds. The maximum Gasteiger partial charge on any atom is 0.207 e. The number of fused-ring (bicyclic) bond motifs is 6. The number of para-hydroxylation sites is 4. The van der Waals surface area contributed by atoms with E-state index in [1.807, 2.05) is 97.1 Å². The second kappa shape index (κ2) is 20.1. The molecule has 0 spiro atoms. The third-order valence-electron chi connectivity index (χ3n) is 11.3. The molecule has 0 unspecified atom stereocenters. The monoisotopic (exact) mass is 1060 g/mol. The zero-order valence-electron chi connectivity index (χ0n) is 35.9. The molecule has 7 heteroatoms. The van der Waals surface area contributed by atoms with Crippen LogP contribution in [0.25, 0.3) is 60.6 Å². The van der Waals surface area contributed by atoms with E-state index in [0.29, 0.717) is 0 Å². The maximum atomic E-state index is 6.41. The topological polar surface area (TPSA) is 41.6 Å². The van der Waals surface area contributed by atoms with Gasteiger partial charge in [-0.2, -0.15) is 0 Å². The second-order valence-corrected chi connectivity index (χ2v) is 18.4. The predicted octanol–water partition coefficient (Wildman–Crippen LogP) is 19.0. The molecule has 0 aliphatic heterocycles. The van der Waals surface area contributed by atoms with Gasteiger partial charge in [-0.3, -0.25) is 0 Å². The molecule has 322 valence electrons. The summed E-state index contributed by atoms with van der Waals surface area (Å²) in [6.45, 7) is 0. The number of hydrogen-bond donors (Lipinski definition) is 1. The minimum atomic E-state index is 0.874. The van der Waals surface area contributed by atoms with Crippen LogP contribution in [0.5, 0.6) is 0 Å². The summed E-state index contributed by atoms with van der Waals surface area (Å²) in [6, 6.07) is 74.7. The Balaban J connectivity index is 0.000000130. The first-order valence-corrected chi connectivity index (χ1v) is 24.1. The first-order valence-electron chi connectivity index (χ1n) is 21.7. The summed E-state index contributed by atoms with van der Waals surface area (Å²) < 4.78 is 15.2. The Morgan fingerprint density at radius 2 is 0.940 bits per heavy atom. The van der Waals surface area contributed by atoms with Gasteiger partial charge in [0, 0.05) is 53.1 Å². The number of rotatable bonds is 7. The van der Waals surface area contributed by atoms with E-state index in [1.54, 1.807) is 0 Å². The molecule has 9 aromatic carbocycles. The van der Waals surface area contributed by atoms with Crippen LogP contribution < -0.4 is 10.2 Å². The molecule has 67 heavy (non-hydrogen) atoms. The number of anilines is 4. The van der Waals surface area contributed by atoms with E-state index in [4.69, 9.17) is 8.83 Å². The van der Waals surface area contributed by atoms with Crippen LogP contribution in [0, 0.1) is 6.08 Å². The second-order valence-electron chi connectivity index (χ2n) is 15.7. The smallest absolute Gasteiger partial charge is 0.207 e. The number of allylic oxidation sites excluding steroid dienone is 5. The van der Waals surface area contributed by atoms with E-state index in [1.165, 1.54) is 22.3 Å². The third-order valence-corrected chi connectivity index (χ3v) is 12.9. The average molecular weight is 1060 g/mol. The van der Waals surface area contributed by atoms with Gasteiger partial charge in [-0.05, 0) is 124 Å². The molecular formula is C60H40Br3N2O2+. The zero-order valence-corrected chi connectivity index (χ0v) is 40.7. The van der Waals surface area contributed by atoms with Gasteiger partial charge in [-0.15, -0.1) is 0 Å². The van der Waals surface area contributed by atoms with Crippen molar-refractivity contribution in [2.75, 3.05) is 10.2 Å². The van der Waals surface area contributed by atoms with Gasteiger partial charge in [0.15, 0.2) is 5.58 Å². The van der Waals surface area contributed by atoms with Crippen LogP contribution in [0.2, 0.25) is 0 Å². The van der Waals surface area contributed by atoms with Crippen LogP contribution in [0.15, 0.2) is 265 Å². The number of nitrogens with one attached hydrogen (secondary N) is 1. The van der Waals surface area contributed by atoms with E-state index < -0.39 is 0 Å². The zero-order chi connectivity index (χ0) is 45.5. The van der Waals surface area contributed by atoms with Crippen molar-refractivity contribution in [3.8, 4) is 11.1 Å². The Hall–Kier alpha value is -7.25. The molecule has 0 fully saturated rings. The lowest BCUT2D eigenvalue weighted by Gasteiger charge is -2.25. The van der Waals surface area contributed by atoms with Crippen LogP contribution in [0.1, 0.15) is 5.56 Å². The molecule has 2 heterocycles. The molecule has 0 radical (unpaired) electrons. The first-order chi connectivity index (χ1) is 32.9. The lowest BCUT2D eigenvalue weighted by atomic mass is 10.0. The fourth-order valence-electron chi connectivity index (χ4n) is 8.10. The highest BCUT2D eigenvalue weighted by molar-refractivity contribution is 9.11. The van der Waals surface area contributed by atoms with E-state index in [-0.39, 0.29) is 0 Å². The predicted molar refractivity (Wildman–Crippen MR) is 291 cm³/mol. The Morgan fingerprint density at radius 1 is 0.418 bits per heavy atom.